The maximum atomic E-state index is 12.1. The zero-order valence-electron chi connectivity index (χ0n) is 15.0. The average Bonchev–Trinajstić information content (AvgIpc) is 3.01. The number of carbonyl (C=O) groups is 1. The number of aryl methyl sites for hydroxylation is 2. The molecule has 1 aromatic carbocycles. The van der Waals surface area contributed by atoms with Crippen molar-refractivity contribution in [2.24, 2.45) is 0 Å². The zero-order valence-corrected chi connectivity index (χ0v) is 15.8. The molecule has 7 nitrogen and oxygen atoms in total. The smallest absolute Gasteiger partial charge is 0.236 e. The van der Waals surface area contributed by atoms with Crippen molar-refractivity contribution in [3.05, 3.63) is 48.2 Å². The highest BCUT2D eigenvalue weighted by molar-refractivity contribution is 7.99. The summed E-state index contributed by atoms with van der Waals surface area (Å²) >= 11 is 1.26. The summed E-state index contributed by atoms with van der Waals surface area (Å²) < 4.78 is 2.11. The van der Waals surface area contributed by atoms with Gasteiger partial charge in [0, 0.05) is 18.1 Å². The lowest BCUT2D eigenvalue weighted by Gasteiger charge is -2.04. The largest absolute Gasteiger partial charge is 0.324 e. The summed E-state index contributed by atoms with van der Waals surface area (Å²) in [4.78, 5) is 20.9. The predicted molar refractivity (Wildman–Crippen MR) is 107 cm³/mol. The topological polar surface area (TPSA) is 85.6 Å². The highest BCUT2D eigenvalue weighted by Gasteiger charge is 2.14. The minimum atomic E-state index is -0.156. The Morgan fingerprint density at radius 1 is 1.19 bits per heavy atom. The SMILES string of the molecule is CCn1c2ccccc2c2nnc(SCC(=O)Nc3ccc(C)cn3)nc21. The maximum Gasteiger partial charge on any atom is 0.236 e. The number of carbonyl (C=O) groups excluding carboxylic acids is 1. The van der Waals surface area contributed by atoms with Crippen LogP contribution in [0.5, 0.6) is 0 Å². The van der Waals surface area contributed by atoms with Crippen LogP contribution in [-0.2, 0) is 11.3 Å². The van der Waals surface area contributed by atoms with Crippen molar-refractivity contribution in [1.82, 2.24) is 24.7 Å². The van der Waals surface area contributed by atoms with Crippen molar-refractivity contribution in [3.8, 4) is 0 Å². The number of para-hydroxylation sites is 1. The van der Waals surface area contributed by atoms with E-state index in [1.807, 2.05) is 31.2 Å². The molecular weight excluding hydrogens is 360 g/mol. The second-order valence-corrected chi connectivity index (χ2v) is 7.03. The van der Waals surface area contributed by atoms with Gasteiger partial charge in [0.15, 0.2) is 5.65 Å². The van der Waals surface area contributed by atoms with Gasteiger partial charge in [0.05, 0.1) is 11.3 Å². The first-order valence-electron chi connectivity index (χ1n) is 8.62. The van der Waals surface area contributed by atoms with E-state index in [0.717, 1.165) is 34.2 Å². The van der Waals surface area contributed by atoms with Crippen LogP contribution in [0.3, 0.4) is 0 Å². The van der Waals surface area contributed by atoms with Gasteiger partial charge in [-0.25, -0.2) is 9.97 Å². The van der Waals surface area contributed by atoms with Crippen LogP contribution in [-0.4, -0.2) is 36.4 Å². The molecule has 0 fully saturated rings. The third kappa shape index (κ3) is 3.48. The number of fused-ring (bicyclic) bond motifs is 3. The van der Waals surface area contributed by atoms with Crippen LogP contribution in [0.25, 0.3) is 22.1 Å². The van der Waals surface area contributed by atoms with E-state index in [-0.39, 0.29) is 11.7 Å². The number of pyridine rings is 1. The van der Waals surface area contributed by atoms with Crippen molar-refractivity contribution in [2.45, 2.75) is 25.5 Å². The molecule has 4 rings (SSSR count). The second kappa shape index (κ2) is 7.32. The Labute approximate surface area is 160 Å². The number of hydrogen-bond acceptors (Lipinski definition) is 6. The molecule has 0 unspecified atom stereocenters. The van der Waals surface area contributed by atoms with Gasteiger partial charge in [0.2, 0.25) is 11.1 Å². The number of amides is 1. The quantitative estimate of drug-likeness (QED) is 0.536. The molecule has 0 saturated heterocycles. The summed E-state index contributed by atoms with van der Waals surface area (Å²) in [5, 5.41) is 12.8. The summed E-state index contributed by atoms with van der Waals surface area (Å²) in [6.45, 7) is 4.81. The molecular formula is C19H18N6OS. The predicted octanol–water partition coefficient (Wildman–Crippen LogP) is 3.43. The molecule has 4 aromatic rings. The molecule has 27 heavy (non-hydrogen) atoms. The summed E-state index contributed by atoms with van der Waals surface area (Å²) in [6, 6.07) is 11.7. The highest BCUT2D eigenvalue weighted by atomic mass is 32.2. The minimum absolute atomic E-state index is 0.156. The fourth-order valence-electron chi connectivity index (χ4n) is 2.92. The van der Waals surface area contributed by atoms with E-state index < -0.39 is 0 Å². The van der Waals surface area contributed by atoms with Crippen LogP contribution in [0, 0.1) is 6.92 Å². The molecule has 0 saturated carbocycles. The van der Waals surface area contributed by atoms with Gasteiger partial charge in [0.1, 0.15) is 11.3 Å². The molecule has 0 aliphatic carbocycles. The first-order chi connectivity index (χ1) is 13.2. The first kappa shape index (κ1) is 17.4. The lowest BCUT2D eigenvalue weighted by molar-refractivity contribution is -0.113. The van der Waals surface area contributed by atoms with Gasteiger partial charge in [0.25, 0.3) is 0 Å². The third-order valence-corrected chi connectivity index (χ3v) is 5.02. The Hall–Kier alpha value is -3.00. The number of benzene rings is 1. The van der Waals surface area contributed by atoms with Crippen molar-refractivity contribution >= 4 is 45.6 Å². The van der Waals surface area contributed by atoms with Gasteiger partial charge >= 0.3 is 0 Å². The van der Waals surface area contributed by atoms with Gasteiger partial charge in [-0.3, -0.25) is 4.79 Å². The van der Waals surface area contributed by atoms with Crippen LogP contribution in [0.4, 0.5) is 5.82 Å². The van der Waals surface area contributed by atoms with Crippen LogP contribution in [0.2, 0.25) is 0 Å². The highest BCUT2D eigenvalue weighted by Crippen LogP contribution is 2.26. The number of aromatic nitrogens is 5. The molecule has 0 radical (unpaired) electrons. The zero-order chi connectivity index (χ0) is 18.8. The number of nitrogens with zero attached hydrogens (tertiary/aromatic N) is 5. The van der Waals surface area contributed by atoms with Gasteiger partial charge in [-0.1, -0.05) is 36.0 Å². The van der Waals surface area contributed by atoms with E-state index in [1.54, 1.807) is 12.3 Å². The number of hydrogen-bond donors (Lipinski definition) is 1. The molecule has 1 N–H and O–H groups in total. The molecule has 0 spiro atoms. The fourth-order valence-corrected chi connectivity index (χ4v) is 3.50. The van der Waals surface area contributed by atoms with Crippen molar-refractivity contribution in [1.29, 1.82) is 0 Å². The van der Waals surface area contributed by atoms with Gasteiger partial charge in [-0.2, -0.15) is 0 Å². The van der Waals surface area contributed by atoms with Crippen LogP contribution in [0.15, 0.2) is 47.8 Å². The van der Waals surface area contributed by atoms with Crippen molar-refractivity contribution in [2.75, 3.05) is 11.1 Å². The van der Waals surface area contributed by atoms with E-state index in [1.165, 1.54) is 11.8 Å². The molecule has 0 aliphatic rings. The van der Waals surface area contributed by atoms with E-state index in [2.05, 4.69) is 43.0 Å². The summed E-state index contributed by atoms with van der Waals surface area (Å²) in [7, 11) is 0. The van der Waals surface area contributed by atoms with Gasteiger partial charge in [-0.05, 0) is 31.5 Å². The molecule has 1 amide bonds. The number of anilines is 1. The summed E-state index contributed by atoms with van der Waals surface area (Å²) in [5.74, 6) is 0.567. The normalized spacial score (nSPS) is 11.2. The summed E-state index contributed by atoms with van der Waals surface area (Å²) in [6.07, 6.45) is 1.72. The van der Waals surface area contributed by atoms with Crippen molar-refractivity contribution in [3.63, 3.8) is 0 Å². The molecule has 0 atom stereocenters. The Kier molecular flexibility index (Phi) is 4.72. The Morgan fingerprint density at radius 2 is 2.04 bits per heavy atom. The van der Waals surface area contributed by atoms with Gasteiger partial charge < -0.3 is 9.88 Å². The van der Waals surface area contributed by atoms with E-state index in [0.29, 0.717) is 11.0 Å². The lowest BCUT2D eigenvalue weighted by atomic mass is 10.2. The molecule has 3 aromatic heterocycles. The number of nitrogens with one attached hydrogen (secondary N) is 1. The molecule has 8 heteroatoms. The summed E-state index contributed by atoms with van der Waals surface area (Å²) in [5.41, 5.74) is 3.70. The number of thioether (sulfide) groups is 1. The molecule has 0 bridgehead atoms. The third-order valence-electron chi connectivity index (χ3n) is 4.18. The number of rotatable bonds is 5. The molecule has 136 valence electrons. The second-order valence-electron chi connectivity index (χ2n) is 6.09. The lowest BCUT2D eigenvalue weighted by Crippen LogP contribution is -2.15. The van der Waals surface area contributed by atoms with E-state index in [4.69, 9.17) is 0 Å². The standard InChI is InChI=1S/C19H18N6OS/c1-3-25-14-7-5-4-6-13(14)17-18(25)22-19(24-23-17)27-11-16(26)21-15-9-8-12(2)10-20-15/h4-10H,3,11H2,1-2H3,(H,20,21,26). The average molecular weight is 378 g/mol. The van der Waals surface area contributed by atoms with E-state index >= 15 is 0 Å². The van der Waals surface area contributed by atoms with Crippen LogP contribution < -0.4 is 5.32 Å². The van der Waals surface area contributed by atoms with Crippen LogP contribution in [0.1, 0.15) is 12.5 Å². The molecule has 0 aliphatic heterocycles. The van der Waals surface area contributed by atoms with Crippen molar-refractivity contribution < 1.29 is 4.79 Å². The monoisotopic (exact) mass is 378 g/mol. The molecule has 3 heterocycles. The minimum Gasteiger partial charge on any atom is -0.324 e. The maximum absolute atomic E-state index is 12.1. The van der Waals surface area contributed by atoms with Crippen LogP contribution >= 0.6 is 11.8 Å². The Balaban J connectivity index is 1.53. The fraction of sp³-hybridized carbons (Fsp3) is 0.211. The Bertz CT molecular complexity index is 1120. The first-order valence-corrected chi connectivity index (χ1v) is 9.61. The van der Waals surface area contributed by atoms with Gasteiger partial charge in [-0.15, -0.1) is 10.2 Å². The Morgan fingerprint density at radius 3 is 2.81 bits per heavy atom. The van der Waals surface area contributed by atoms with E-state index in [9.17, 15) is 4.79 Å².